The number of hydrogen-bond acceptors (Lipinski definition) is 3. The van der Waals surface area contributed by atoms with E-state index in [0.29, 0.717) is 33.8 Å². The molecule has 0 saturated heterocycles. The lowest BCUT2D eigenvalue weighted by molar-refractivity contribution is -0.437. The molecule has 0 atom stereocenters. The van der Waals surface area contributed by atoms with Gasteiger partial charge < -0.3 is 15.6 Å². The lowest BCUT2D eigenvalue weighted by Gasteiger charge is -2.15. The van der Waals surface area contributed by atoms with E-state index in [4.69, 9.17) is 15.9 Å². The number of aliphatic hydroxyl groups excluding tert-OH is 1. The van der Waals surface area contributed by atoms with Crippen molar-refractivity contribution in [3.8, 4) is 16.9 Å². The molecule has 0 heterocycles. The van der Waals surface area contributed by atoms with Crippen LogP contribution in [0.25, 0.3) is 11.1 Å². The van der Waals surface area contributed by atoms with E-state index in [2.05, 4.69) is 0 Å². The van der Waals surface area contributed by atoms with E-state index >= 15 is 0 Å². The highest BCUT2D eigenvalue weighted by atomic mass is 19.1. The van der Waals surface area contributed by atoms with Gasteiger partial charge in [-0.15, -0.1) is 0 Å². The SMILES string of the molecule is COc1ccc(F)c(-c2ccc(CO)cc2C(N)=[N+](C=N)C(C)C)c1. The average Bonchev–Trinajstić information content (AvgIpc) is 2.62. The zero-order valence-corrected chi connectivity index (χ0v) is 14.6. The van der Waals surface area contributed by atoms with E-state index in [0.717, 1.165) is 6.34 Å². The van der Waals surface area contributed by atoms with Crippen molar-refractivity contribution in [1.29, 1.82) is 5.41 Å². The van der Waals surface area contributed by atoms with Crippen LogP contribution in [0.2, 0.25) is 0 Å². The first-order valence-corrected chi connectivity index (χ1v) is 7.92. The van der Waals surface area contributed by atoms with Crippen molar-refractivity contribution in [2.75, 3.05) is 7.11 Å². The van der Waals surface area contributed by atoms with Gasteiger partial charge in [-0.05, 0) is 49.2 Å². The van der Waals surface area contributed by atoms with Gasteiger partial charge in [-0.3, -0.25) is 0 Å². The fourth-order valence-corrected chi connectivity index (χ4v) is 2.61. The van der Waals surface area contributed by atoms with Crippen molar-refractivity contribution in [2.45, 2.75) is 26.5 Å². The first kappa shape index (κ1) is 18.6. The summed E-state index contributed by atoms with van der Waals surface area (Å²) in [5.41, 5.74) is 8.40. The summed E-state index contributed by atoms with van der Waals surface area (Å²) in [6.07, 6.45) is 1.14. The standard InChI is InChI=1S/C19H22FN3O2/c1-12(2)23(11-21)19(22)17-8-13(10-24)4-6-15(17)16-9-14(25-3)5-7-18(16)20/h4-9,11-12,21-22,24H,10H2,1-3H3/p+1. The largest absolute Gasteiger partial charge is 0.497 e. The van der Waals surface area contributed by atoms with Crippen molar-refractivity contribution >= 4 is 12.2 Å². The van der Waals surface area contributed by atoms with Crippen LogP contribution in [0, 0.1) is 11.2 Å². The van der Waals surface area contributed by atoms with Crippen LogP contribution >= 0.6 is 0 Å². The van der Waals surface area contributed by atoms with Gasteiger partial charge >= 0.3 is 0 Å². The first-order valence-electron chi connectivity index (χ1n) is 7.92. The van der Waals surface area contributed by atoms with Crippen LogP contribution in [0.15, 0.2) is 36.4 Å². The summed E-state index contributed by atoms with van der Waals surface area (Å²) in [7, 11) is 1.52. The highest BCUT2D eigenvalue weighted by Crippen LogP contribution is 2.30. The summed E-state index contributed by atoms with van der Waals surface area (Å²) in [6.45, 7) is 3.65. The molecular formula is C19H23FN3O2+. The lowest BCUT2D eigenvalue weighted by atomic mass is 9.96. The number of ether oxygens (including phenoxy) is 1. The first-order chi connectivity index (χ1) is 11.9. The monoisotopic (exact) mass is 344 g/mol. The predicted molar refractivity (Wildman–Crippen MR) is 96.8 cm³/mol. The summed E-state index contributed by atoms with van der Waals surface area (Å²) in [4.78, 5) is 0. The molecule has 2 rings (SSSR count). The van der Waals surface area contributed by atoms with Gasteiger partial charge in [0.1, 0.15) is 11.6 Å². The molecule has 25 heavy (non-hydrogen) atoms. The van der Waals surface area contributed by atoms with E-state index in [1.807, 2.05) is 13.8 Å². The second kappa shape index (κ2) is 7.90. The fourth-order valence-electron chi connectivity index (χ4n) is 2.61. The Balaban J connectivity index is 2.78. The number of halogens is 1. The minimum absolute atomic E-state index is 0.0433. The number of methoxy groups -OCH3 is 1. The minimum Gasteiger partial charge on any atom is -0.497 e. The third-order valence-corrected chi connectivity index (χ3v) is 3.98. The zero-order chi connectivity index (χ0) is 18.6. The topological polar surface area (TPSA) is 82.3 Å². The van der Waals surface area contributed by atoms with Crippen molar-refractivity contribution in [2.24, 2.45) is 5.73 Å². The highest BCUT2D eigenvalue weighted by Gasteiger charge is 2.19. The Hall–Kier alpha value is -2.73. The molecule has 0 saturated carbocycles. The molecule has 0 aliphatic rings. The smallest absolute Gasteiger partial charge is 0.227 e. The zero-order valence-electron chi connectivity index (χ0n) is 14.6. The molecule has 0 aromatic heterocycles. The van der Waals surface area contributed by atoms with Gasteiger partial charge in [0.15, 0.2) is 0 Å². The molecule has 0 bridgehead atoms. The van der Waals surface area contributed by atoms with Gasteiger partial charge in [-0.2, -0.15) is 5.41 Å². The molecule has 0 aliphatic heterocycles. The molecule has 132 valence electrons. The van der Waals surface area contributed by atoms with Crippen LogP contribution in [0.5, 0.6) is 5.75 Å². The molecule has 0 unspecified atom stereocenters. The van der Waals surface area contributed by atoms with E-state index in [1.54, 1.807) is 34.9 Å². The number of rotatable bonds is 6. The molecule has 2 aromatic rings. The van der Waals surface area contributed by atoms with E-state index in [1.165, 1.54) is 13.2 Å². The number of nitrogens with one attached hydrogen (secondary N) is 1. The molecule has 0 spiro atoms. The van der Waals surface area contributed by atoms with Crippen LogP contribution in [0.1, 0.15) is 25.0 Å². The quantitative estimate of drug-likeness (QED) is 0.428. The molecular weight excluding hydrogens is 321 g/mol. The number of benzene rings is 2. The van der Waals surface area contributed by atoms with Gasteiger partial charge in [-0.1, -0.05) is 12.1 Å². The summed E-state index contributed by atoms with van der Waals surface area (Å²) in [5.74, 6) is 0.440. The molecule has 0 fully saturated rings. The Morgan fingerprint density at radius 3 is 2.56 bits per heavy atom. The Morgan fingerprint density at radius 1 is 1.28 bits per heavy atom. The van der Waals surface area contributed by atoms with Crippen LogP contribution in [-0.2, 0) is 6.61 Å². The van der Waals surface area contributed by atoms with Gasteiger partial charge in [0, 0.05) is 5.56 Å². The van der Waals surface area contributed by atoms with Crippen LogP contribution in [0.4, 0.5) is 4.39 Å². The maximum Gasteiger partial charge on any atom is 0.227 e. The van der Waals surface area contributed by atoms with Crippen molar-refractivity contribution in [1.82, 2.24) is 0 Å². The summed E-state index contributed by atoms with van der Waals surface area (Å²) < 4.78 is 21.2. The van der Waals surface area contributed by atoms with E-state index < -0.39 is 5.82 Å². The molecule has 5 nitrogen and oxygen atoms in total. The van der Waals surface area contributed by atoms with Crippen LogP contribution < -0.4 is 10.5 Å². The third-order valence-electron chi connectivity index (χ3n) is 3.98. The van der Waals surface area contributed by atoms with Crippen molar-refractivity contribution in [3.05, 3.63) is 53.3 Å². The Morgan fingerprint density at radius 2 is 2.00 bits per heavy atom. The molecule has 6 heteroatoms. The third kappa shape index (κ3) is 3.85. The van der Waals surface area contributed by atoms with Gasteiger partial charge in [-0.25, -0.2) is 8.97 Å². The summed E-state index contributed by atoms with van der Waals surface area (Å²) >= 11 is 0. The number of aliphatic hydroxyl groups is 1. The maximum absolute atomic E-state index is 14.4. The Labute approximate surface area is 146 Å². The van der Waals surface area contributed by atoms with Crippen LogP contribution in [0.3, 0.4) is 0 Å². The number of nitrogens with zero attached hydrogens (tertiary/aromatic N) is 1. The number of amidine groups is 1. The van der Waals surface area contributed by atoms with Crippen molar-refractivity contribution in [3.63, 3.8) is 0 Å². The summed E-state index contributed by atoms with van der Waals surface area (Å²) in [5, 5.41) is 17.1. The second-order valence-corrected chi connectivity index (χ2v) is 5.90. The minimum atomic E-state index is -0.405. The van der Waals surface area contributed by atoms with Crippen molar-refractivity contribution < 1.29 is 18.8 Å². The normalized spacial score (nSPS) is 12.1. The predicted octanol–water partition coefficient (Wildman–Crippen LogP) is 2.73. The van der Waals surface area contributed by atoms with Crippen LogP contribution in [-0.4, -0.2) is 35.0 Å². The molecule has 4 N–H and O–H groups in total. The lowest BCUT2D eigenvalue weighted by Crippen LogP contribution is -2.33. The number of hydrogen-bond donors (Lipinski definition) is 3. The van der Waals surface area contributed by atoms with Gasteiger partial charge in [0.25, 0.3) is 0 Å². The summed E-state index contributed by atoms with van der Waals surface area (Å²) in [6, 6.07) is 9.59. The number of nitrogens with two attached hydrogens (primary N) is 1. The molecule has 2 aromatic carbocycles. The maximum atomic E-state index is 14.4. The van der Waals surface area contributed by atoms with E-state index in [-0.39, 0.29) is 12.6 Å². The van der Waals surface area contributed by atoms with E-state index in [9.17, 15) is 9.50 Å². The highest BCUT2D eigenvalue weighted by molar-refractivity contribution is 6.02. The van der Waals surface area contributed by atoms with Gasteiger partial charge in [0.2, 0.25) is 12.2 Å². The Bertz CT molecular complexity index is 816. The molecule has 0 aliphatic carbocycles. The molecule has 0 radical (unpaired) electrons. The average molecular weight is 344 g/mol. The molecule has 0 amide bonds. The Kier molecular flexibility index (Phi) is 5.88. The fraction of sp³-hybridized carbons (Fsp3) is 0.263. The van der Waals surface area contributed by atoms with Gasteiger partial charge in [0.05, 0.1) is 25.3 Å². The second-order valence-electron chi connectivity index (χ2n) is 5.90.